The molecule has 0 amide bonds. The van der Waals surface area contributed by atoms with Crippen molar-refractivity contribution >= 4 is 17.9 Å². The maximum absolute atomic E-state index is 12.8. The zero-order valence-corrected chi connectivity index (χ0v) is 44.1. The van der Waals surface area contributed by atoms with Crippen LogP contribution in [0.4, 0.5) is 0 Å². The van der Waals surface area contributed by atoms with Gasteiger partial charge in [0.15, 0.2) is 6.10 Å². The van der Waals surface area contributed by atoms with Crippen LogP contribution in [0, 0.1) is 0 Å². The van der Waals surface area contributed by atoms with Crippen LogP contribution in [0.1, 0.15) is 264 Å². The highest BCUT2D eigenvalue weighted by atomic mass is 16.7. The van der Waals surface area contributed by atoms with Crippen LogP contribution in [0.15, 0.2) is 24.3 Å². The Morgan fingerprint density at radius 3 is 1.15 bits per heavy atom. The van der Waals surface area contributed by atoms with Gasteiger partial charge in [-0.3, -0.25) is 9.59 Å². The molecular formula is C57H108NO8+. The van der Waals surface area contributed by atoms with Gasteiger partial charge < -0.3 is 28.5 Å². The molecule has 0 bridgehead atoms. The molecule has 0 spiro atoms. The van der Waals surface area contributed by atoms with Gasteiger partial charge in [0.1, 0.15) is 13.2 Å². The molecule has 0 aromatic rings. The molecule has 9 nitrogen and oxygen atoms in total. The lowest BCUT2D eigenvalue weighted by molar-refractivity contribution is -0.870. The van der Waals surface area contributed by atoms with Gasteiger partial charge in [0.25, 0.3) is 6.29 Å². The number of allylic oxidation sites excluding steroid dienone is 4. The van der Waals surface area contributed by atoms with Crippen molar-refractivity contribution in [1.82, 2.24) is 0 Å². The number of carbonyl (C=O) groups is 3. The van der Waals surface area contributed by atoms with Gasteiger partial charge in [-0.25, -0.2) is 4.79 Å². The number of carboxylic acids is 1. The van der Waals surface area contributed by atoms with E-state index in [0.29, 0.717) is 17.4 Å². The summed E-state index contributed by atoms with van der Waals surface area (Å²) in [6.07, 6.45) is 54.1. The van der Waals surface area contributed by atoms with Crippen LogP contribution < -0.4 is 0 Å². The molecule has 0 rings (SSSR count). The molecule has 388 valence electrons. The molecule has 2 atom stereocenters. The lowest BCUT2D eigenvalue weighted by Gasteiger charge is -2.25. The van der Waals surface area contributed by atoms with Gasteiger partial charge in [-0.15, -0.1) is 0 Å². The fourth-order valence-electron chi connectivity index (χ4n) is 8.06. The number of carbonyl (C=O) groups excluding carboxylic acids is 2. The van der Waals surface area contributed by atoms with Crippen LogP contribution >= 0.6 is 0 Å². The predicted molar refractivity (Wildman–Crippen MR) is 277 cm³/mol. The molecule has 0 aliphatic carbocycles. The van der Waals surface area contributed by atoms with Gasteiger partial charge in [-0.1, -0.05) is 212 Å². The van der Waals surface area contributed by atoms with Crippen LogP contribution in [-0.2, 0) is 33.3 Å². The molecule has 0 saturated heterocycles. The summed E-state index contributed by atoms with van der Waals surface area (Å²) in [7, 11) is 5.97. The first-order chi connectivity index (χ1) is 32.1. The Hall–Kier alpha value is -2.23. The minimum absolute atomic E-state index is 0.182. The van der Waals surface area contributed by atoms with E-state index in [1.54, 1.807) is 0 Å². The highest BCUT2D eigenvalue weighted by Crippen LogP contribution is 2.17. The van der Waals surface area contributed by atoms with Gasteiger partial charge >= 0.3 is 17.9 Å². The first-order valence-corrected chi connectivity index (χ1v) is 28.0. The first kappa shape index (κ1) is 63.8. The van der Waals surface area contributed by atoms with Gasteiger partial charge in [0.2, 0.25) is 0 Å². The average molecular weight is 935 g/mol. The normalized spacial score (nSPS) is 12.9. The number of hydrogen-bond acceptors (Lipinski definition) is 7. The van der Waals surface area contributed by atoms with Crippen molar-refractivity contribution in [3.63, 3.8) is 0 Å². The molecule has 1 N–H and O–H groups in total. The Kier molecular flexibility index (Phi) is 47.5. The number of ether oxygens (including phenoxy) is 4. The molecule has 0 radical (unpaired) electrons. The van der Waals surface area contributed by atoms with E-state index in [-0.39, 0.29) is 32.2 Å². The third-order valence-electron chi connectivity index (χ3n) is 12.4. The zero-order valence-electron chi connectivity index (χ0n) is 44.1. The zero-order chi connectivity index (χ0) is 48.4. The maximum Gasteiger partial charge on any atom is 0.361 e. The van der Waals surface area contributed by atoms with Gasteiger partial charge in [-0.2, -0.15) is 0 Å². The van der Waals surface area contributed by atoms with E-state index in [2.05, 4.69) is 38.2 Å². The van der Waals surface area contributed by atoms with E-state index in [9.17, 15) is 19.5 Å². The molecule has 66 heavy (non-hydrogen) atoms. The second-order valence-corrected chi connectivity index (χ2v) is 20.2. The summed E-state index contributed by atoms with van der Waals surface area (Å²) in [5.74, 6) is -2.00. The number of carboxylic acid groups (broad SMARTS) is 1. The summed E-state index contributed by atoms with van der Waals surface area (Å²) >= 11 is 0. The third kappa shape index (κ3) is 49.7. The average Bonchev–Trinajstić information content (AvgIpc) is 3.28. The van der Waals surface area contributed by atoms with Crippen molar-refractivity contribution in [3.8, 4) is 0 Å². The Balaban J connectivity index is 4.11. The minimum Gasteiger partial charge on any atom is -0.477 e. The Bertz CT molecular complexity index is 1130. The molecule has 0 saturated carbocycles. The summed E-state index contributed by atoms with van der Waals surface area (Å²) in [6, 6.07) is 0. The Labute approximate surface area is 407 Å². The molecule has 0 aromatic carbocycles. The standard InChI is InChI=1S/C57H107NO8/c1-6-8-10-12-14-16-18-20-21-22-23-24-25-26-27-28-29-30-31-32-33-34-35-36-38-40-42-44-46-48-55(60)66-53(52-65-57(56(61)62)63-50-49-58(3,4)5)51-64-54(59)47-45-43-41-39-37-19-17-15-13-11-9-7-2/h15,17,22-23,53,57H,6-14,16,18-21,24-52H2,1-5H3/p+1/b17-15-,23-22-. The number of esters is 2. The molecular weight excluding hydrogens is 827 g/mol. The van der Waals surface area contributed by atoms with E-state index in [1.165, 1.54) is 180 Å². The smallest absolute Gasteiger partial charge is 0.361 e. The highest BCUT2D eigenvalue weighted by Gasteiger charge is 2.25. The SMILES string of the molecule is CCCCC/C=C\CCCCCCCC(=O)OCC(COC(OCC[N+](C)(C)C)C(=O)O)OC(=O)CCCCCCCCCCCCCCCCCCC/C=C\CCCCCCCCCC. The lowest BCUT2D eigenvalue weighted by atomic mass is 10.0. The lowest BCUT2D eigenvalue weighted by Crippen LogP contribution is -2.40. The molecule has 2 unspecified atom stereocenters. The Morgan fingerprint density at radius 2 is 0.773 bits per heavy atom. The molecule has 0 aliphatic heterocycles. The first-order valence-electron chi connectivity index (χ1n) is 28.0. The number of nitrogens with zero attached hydrogens (tertiary/aromatic N) is 1. The second kappa shape index (κ2) is 49.2. The Morgan fingerprint density at radius 1 is 0.439 bits per heavy atom. The molecule has 0 aromatic heterocycles. The van der Waals surface area contributed by atoms with Crippen LogP contribution in [0.3, 0.4) is 0 Å². The molecule has 0 heterocycles. The van der Waals surface area contributed by atoms with Gasteiger partial charge in [-0.05, 0) is 64.2 Å². The minimum atomic E-state index is -1.51. The molecule has 0 fully saturated rings. The predicted octanol–water partition coefficient (Wildman–Crippen LogP) is 16.0. The number of unbranched alkanes of at least 4 members (excludes halogenated alkanes) is 33. The summed E-state index contributed by atoms with van der Waals surface area (Å²) in [6.45, 7) is 4.87. The second-order valence-electron chi connectivity index (χ2n) is 20.2. The van der Waals surface area contributed by atoms with E-state index in [4.69, 9.17) is 18.9 Å². The van der Waals surface area contributed by atoms with Crippen molar-refractivity contribution < 1.29 is 42.9 Å². The van der Waals surface area contributed by atoms with Crippen molar-refractivity contribution in [3.05, 3.63) is 24.3 Å². The van der Waals surface area contributed by atoms with Crippen LogP contribution in [0.2, 0.25) is 0 Å². The van der Waals surface area contributed by atoms with E-state index >= 15 is 0 Å². The van der Waals surface area contributed by atoms with Crippen molar-refractivity contribution in [2.45, 2.75) is 277 Å². The topological polar surface area (TPSA) is 108 Å². The van der Waals surface area contributed by atoms with E-state index in [1.807, 2.05) is 21.1 Å². The van der Waals surface area contributed by atoms with Gasteiger partial charge in [0.05, 0.1) is 34.4 Å². The van der Waals surface area contributed by atoms with Gasteiger partial charge in [0, 0.05) is 12.8 Å². The summed E-state index contributed by atoms with van der Waals surface area (Å²) in [5.41, 5.74) is 0. The van der Waals surface area contributed by atoms with Crippen LogP contribution in [0.25, 0.3) is 0 Å². The fraction of sp³-hybridized carbons (Fsp3) is 0.877. The third-order valence-corrected chi connectivity index (χ3v) is 12.4. The quantitative estimate of drug-likeness (QED) is 0.0211. The van der Waals surface area contributed by atoms with Crippen molar-refractivity contribution in [2.75, 3.05) is 47.5 Å². The molecule has 0 aliphatic rings. The fourth-order valence-corrected chi connectivity index (χ4v) is 8.06. The highest BCUT2D eigenvalue weighted by molar-refractivity contribution is 5.71. The number of aliphatic carboxylic acids is 1. The van der Waals surface area contributed by atoms with Crippen molar-refractivity contribution in [1.29, 1.82) is 0 Å². The number of likely N-dealkylation sites (N-methyl/N-ethyl adjacent to an activating group) is 1. The summed E-state index contributed by atoms with van der Waals surface area (Å²) in [5, 5.41) is 9.67. The summed E-state index contributed by atoms with van der Waals surface area (Å²) < 4.78 is 22.8. The number of quaternary nitrogens is 1. The van der Waals surface area contributed by atoms with E-state index < -0.39 is 24.3 Å². The number of rotatable bonds is 52. The van der Waals surface area contributed by atoms with Crippen molar-refractivity contribution in [2.24, 2.45) is 0 Å². The monoisotopic (exact) mass is 935 g/mol. The van der Waals surface area contributed by atoms with Crippen LogP contribution in [-0.4, -0.2) is 87.4 Å². The molecule has 9 heteroatoms. The summed E-state index contributed by atoms with van der Waals surface area (Å²) in [4.78, 5) is 37.3. The number of hydrogen-bond donors (Lipinski definition) is 1. The van der Waals surface area contributed by atoms with Crippen LogP contribution in [0.5, 0.6) is 0 Å². The largest absolute Gasteiger partial charge is 0.477 e. The van der Waals surface area contributed by atoms with E-state index in [0.717, 1.165) is 57.8 Å². The maximum atomic E-state index is 12.8.